The number of rotatable bonds is 5. The predicted molar refractivity (Wildman–Crippen MR) is 206 cm³/mol. The quantitative estimate of drug-likeness (QED) is 0.171. The van der Waals surface area contributed by atoms with Crippen LogP contribution in [-0.4, -0.2) is 0 Å². The molecule has 0 fully saturated rings. The first-order chi connectivity index (χ1) is 23.8. The van der Waals surface area contributed by atoms with Crippen LogP contribution < -0.4 is 0 Å². The van der Waals surface area contributed by atoms with E-state index in [-0.39, 0.29) is 0 Å². The Morgan fingerprint density at radius 2 is 0.604 bits per heavy atom. The summed E-state index contributed by atoms with van der Waals surface area (Å²) in [6.07, 6.45) is 0. The molecule has 9 aromatic carbocycles. The summed E-state index contributed by atoms with van der Waals surface area (Å²) in [5, 5.41) is 7.59. The van der Waals surface area contributed by atoms with Gasteiger partial charge in [-0.15, -0.1) is 0 Å². The van der Waals surface area contributed by atoms with Crippen molar-refractivity contribution in [2.75, 3.05) is 0 Å². The molecule has 0 amide bonds. The zero-order chi connectivity index (χ0) is 31.9. The van der Waals surface area contributed by atoms with E-state index < -0.39 is 0 Å². The van der Waals surface area contributed by atoms with E-state index in [0.29, 0.717) is 0 Å². The largest absolute Gasteiger partial charge is 0.0622 e. The third kappa shape index (κ3) is 4.78. The van der Waals surface area contributed by atoms with Crippen molar-refractivity contribution < 1.29 is 0 Å². The summed E-state index contributed by atoms with van der Waals surface area (Å²) < 4.78 is 0. The second-order valence-corrected chi connectivity index (χ2v) is 12.4. The van der Waals surface area contributed by atoms with Gasteiger partial charge in [-0.3, -0.25) is 0 Å². The summed E-state index contributed by atoms with van der Waals surface area (Å²) in [4.78, 5) is 0. The van der Waals surface area contributed by atoms with Gasteiger partial charge in [-0.1, -0.05) is 188 Å². The van der Waals surface area contributed by atoms with E-state index in [9.17, 15) is 0 Å². The lowest BCUT2D eigenvalue weighted by molar-refractivity contribution is 1.58. The van der Waals surface area contributed by atoms with Crippen LogP contribution in [0.15, 0.2) is 194 Å². The standard InChI is InChI=1S/C48H32/c1-2-14-33(15-3-1)40-21-6-7-22-42(40)37-18-12-19-38(32-37)48-45-25-10-8-23-43(45)47(44-24-9-11-26-46(44)48)36-30-28-35(29-31-36)41-27-13-17-34-16-4-5-20-39(34)41/h1-32H. The minimum absolute atomic E-state index is 1.22. The highest BCUT2D eigenvalue weighted by atomic mass is 14.2. The Hall–Kier alpha value is -6.24. The molecule has 0 heterocycles. The number of benzene rings is 9. The van der Waals surface area contributed by atoms with Gasteiger partial charge in [0.1, 0.15) is 0 Å². The maximum atomic E-state index is 2.37. The highest BCUT2D eigenvalue weighted by Gasteiger charge is 2.17. The van der Waals surface area contributed by atoms with Gasteiger partial charge in [0.2, 0.25) is 0 Å². The third-order valence-corrected chi connectivity index (χ3v) is 9.68. The predicted octanol–water partition coefficient (Wildman–Crippen LogP) is 13.5. The molecule has 0 aromatic heterocycles. The smallest absolute Gasteiger partial charge is 0.00262 e. The summed E-state index contributed by atoms with van der Waals surface area (Å²) in [5.74, 6) is 0. The van der Waals surface area contributed by atoms with Crippen LogP contribution in [0.1, 0.15) is 0 Å². The van der Waals surface area contributed by atoms with E-state index in [0.717, 1.165) is 0 Å². The van der Waals surface area contributed by atoms with Gasteiger partial charge < -0.3 is 0 Å². The topological polar surface area (TPSA) is 0 Å². The van der Waals surface area contributed by atoms with Gasteiger partial charge in [0, 0.05) is 0 Å². The molecule has 0 spiro atoms. The SMILES string of the molecule is c1ccc(-c2ccccc2-c2cccc(-c3c4ccccc4c(-c4ccc(-c5cccc6ccccc56)cc4)c4ccccc34)c2)cc1. The van der Waals surface area contributed by atoms with Crippen molar-refractivity contribution in [3.63, 3.8) is 0 Å². The molecule has 0 aliphatic heterocycles. The van der Waals surface area contributed by atoms with E-state index in [1.807, 2.05) is 0 Å². The molecule has 0 aliphatic rings. The molecule has 0 unspecified atom stereocenters. The normalized spacial score (nSPS) is 11.3. The van der Waals surface area contributed by atoms with Gasteiger partial charge in [-0.05, 0) is 94.0 Å². The molecule has 9 rings (SSSR count). The minimum atomic E-state index is 1.22. The zero-order valence-corrected chi connectivity index (χ0v) is 26.5. The first-order valence-electron chi connectivity index (χ1n) is 16.6. The van der Waals surface area contributed by atoms with E-state index in [2.05, 4.69) is 194 Å². The summed E-state index contributed by atoms with van der Waals surface area (Å²) in [6.45, 7) is 0. The van der Waals surface area contributed by atoms with Crippen LogP contribution in [0.5, 0.6) is 0 Å². The van der Waals surface area contributed by atoms with Crippen molar-refractivity contribution in [3.8, 4) is 55.6 Å². The Balaban J connectivity index is 1.22. The molecule has 48 heavy (non-hydrogen) atoms. The lowest BCUT2D eigenvalue weighted by Crippen LogP contribution is -1.92. The lowest BCUT2D eigenvalue weighted by atomic mass is 9.85. The average Bonchev–Trinajstić information content (AvgIpc) is 3.17. The third-order valence-electron chi connectivity index (χ3n) is 9.68. The summed E-state index contributed by atoms with van der Waals surface area (Å²) in [5.41, 5.74) is 12.4. The molecule has 224 valence electrons. The monoisotopic (exact) mass is 608 g/mol. The molecule has 0 heteroatoms. The summed E-state index contributed by atoms with van der Waals surface area (Å²) in [7, 11) is 0. The Kier molecular flexibility index (Phi) is 6.91. The van der Waals surface area contributed by atoms with Gasteiger partial charge in [-0.2, -0.15) is 0 Å². The maximum absolute atomic E-state index is 2.37. The van der Waals surface area contributed by atoms with Crippen LogP contribution in [0.4, 0.5) is 0 Å². The second kappa shape index (κ2) is 11.8. The van der Waals surface area contributed by atoms with E-state index in [1.54, 1.807) is 0 Å². The average molecular weight is 609 g/mol. The first kappa shape index (κ1) is 28.0. The van der Waals surface area contributed by atoms with Crippen molar-refractivity contribution in [1.29, 1.82) is 0 Å². The molecule has 0 bridgehead atoms. The number of hydrogen-bond donors (Lipinski definition) is 0. The van der Waals surface area contributed by atoms with Crippen LogP contribution in [0.3, 0.4) is 0 Å². The molecule has 0 atom stereocenters. The first-order valence-corrected chi connectivity index (χ1v) is 16.6. The van der Waals surface area contributed by atoms with E-state index in [4.69, 9.17) is 0 Å². The summed E-state index contributed by atoms with van der Waals surface area (Å²) >= 11 is 0. The van der Waals surface area contributed by atoms with Crippen molar-refractivity contribution >= 4 is 32.3 Å². The van der Waals surface area contributed by atoms with E-state index >= 15 is 0 Å². The van der Waals surface area contributed by atoms with Gasteiger partial charge in [0.15, 0.2) is 0 Å². The van der Waals surface area contributed by atoms with E-state index in [1.165, 1.54) is 88.0 Å². The maximum Gasteiger partial charge on any atom is -0.00262 e. The molecule has 0 aliphatic carbocycles. The fourth-order valence-electron chi connectivity index (χ4n) is 7.49. The molecule has 0 nitrogen and oxygen atoms in total. The zero-order valence-electron chi connectivity index (χ0n) is 26.5. The molecule has 0 N–H and O–H groups in total. The van der Waals surface area contributed by atoms with Crippen LogP contribution in [-0.2, 0) is 0 Å². The second-order valence-electron chi connectivity index (χ2n) is 12.4. The molecule has 0 radical (unpaired) electrons. The van der Waals surface area contributed by atoms with Crippen molar-refractivity contribution in [2.45, 2.75) is 0 Å². The Labute approximate surface area is 281 Å². The minimum Gasteiger partial charge on any atom is -0.0622 e. The molecular weight excluding hydrogens is 577 g/mol. The van der Waals surface area contributed by atoms with Gasteiger partial charge >= 0.3 is 0 Å². The molecule has 9 aromatic rings. The van der Waals surface area contributed by atoms with Crippen molar-refractivity contribution in [2.24, 2.45) is 0 Å². The Morgan fingerprint density at radius 1 is 0.208 bits per heavy atom. The van der Waals surface area contributed by atoms with Gasteiger partial charge in [0.25, 0.3) is 0 Å². The van der Waals surface area contributed by atoms with Crippen LogP contribution in [0.25, 0.3) is 88.0 Å². The Bertz CT molecular complexity index is 2530. The summed E-state index contributed by atoms with van der Waals surface area (Å²) in [6, 6.07) is 70.7. The van der Waals surface area contributed by atoms with Crippen LogP contribution >= 0.6 is 0 Å². The Morgan fingerprint density at radius 3 is 1.27 bits per heavy atom. The lowest BCUT2D eigenvalue weighted by Gasteiger charge is -2.19. The number of hydrogen-bond acceptors (Lipinski definition) is 0. The van der Waals surface area contributed by atoms with Crippen molar-refractivity contribution in [3.05, 3.63) is 194 Å². The molecule has 0 saturated heterocycles. The number of fused-ring (bicyclic) bond motifs is 3. The van der Waals surface area contributed by atoms with Crippen molar-refractivity contribution in [1.82, 2.24) is 0 Å². The highest BCUT2D eigenvalue weighted by molar-refractivity contribution is 6.21. The fraction of sp³-hybridized carbons (Fsp3) is 0. The molecular formula is C48H32. The highest BCUT2D eigenvalue weighted by Crippen LogP contribution is 2.45. The van der Waals surface area contributed by atoms with Gasteiger partial charge in [-0.25, -0.2) is 0 Å². The fourth-order valence-corrected chi connectivity index (χ4v) is 7.49. The van der Waals surface area contributed by atoms with Crippen LogP contribution in [0, 0.1) is 0 Å². The molecule has 0 saturated carbocycles. The van der Waals surface area contributed by atoms with Gasteiger partial charge in [0.05, 0.1) is 0 Å². The van der Waals surface area contributed by atoms with Crippen LogP contribution in [0.2, 0.25) is 0 Å².